The van der Waals surface area contributed by atoms with Gasteiger partial charge in [-0.2, -0.15) is 0 Å². The van der Waals surface area contributed by atoms with Gasteiger partial charge in [-0.3, -0.25) is 4.79 Å². The van der Waals surface area contributed by atoms with Gasteiger partial charge in [0.15, 0.2) is 0 Å². The van der Waals surface area contributed by atoms with Crippen molar-refractivity contribution in [1.29, 1.82) is 0 Å². The minimum atomic E-state index is -0.641. The van der Waals surface area contributed by atoms with Crippen molar-refractivity contribution in [1.82, 2.24) is 5.32 Å². The lowest BCUT2D eigenvalue weighted by Crippen LogP contribution is -2.25. The smallest absolute Gasteiger partial charge is 0.354 e. The van der Waals surface area contributed by atoms with Gasteiger partial charge in [0.1, 0.15) is 5.70 Å². The molecule has 0 atom stereocenters. The molecule has 0 aliphatic heterocycles. The van der Waals surface area contributed by atoms with Crippen LogP contribution in [0.2, 0.25) is 0 Å². The van der Waals surface area contributed by atoms with Crippen molar-refractivity contribution in [2.24, 2.45) is 0 Å². The Morgan fingerprint density at radius 2 is 2.06 bits per heavy atom. The Kier molecular flexibility index (Phi) is 5.07. The molecule has 0 fully saturated rings. The Hall–Kier alpha value is -2.14. The third-order valence-corrected chi connectivity index (χ3v) is 2.24. The predicted octanol–water partition coefficient (Wildman–Crippen LogP) is 0.829. The molecule has 5 heteroatoms. The van der Waals surface area contributed by atoms with E-state index in [9.17, 15) is 14.7 Å². The number of nitrogens with one attached hydrogen (secondary N) is 1. The molecule has 1 aromatic carbocycles. The van der Waals surface area contributed by atoms with Crippen molar-refractivity contribution in [2.45, 2.75) is 13.5 Å². The van der Waals surface area contributed by atoms with Crippen LogP contribution in [-0.4, -0.2) is 24.1 Å². The van der Waals surface area contributed by atoms with E-state index in [-0.39, 0.29) is 18.2 Å². The molecule has 0 radical (unpaired) electrons. The first-order chi connectivity index (χ1) is 8.58. The zero-order valence-electron chi connectivity index (χ0n) is 10.3. The van der Waals surface area contributed by atoms with Gasteiger partial charge in [-0.15, -0.1) is 0 Å². The van der Waals surface area contributed by atoms with E-state index in [4.69, 9.17) is 0 Å². The molecule has 0 aliphatic carbocycles. The second-order valence-corrected chi connectivity index (χ2v) is 3.59. The first-order valence-electron chi connectivity index (χ1n) is 5.35. The highest BCUT2D eigenvalue weighted by Crippen LogP contribution is 2.13. The molecule has 18 heavy (non-hydrogen) atoms. The van der Waals surface area contributed by atoms with Crippen LogP contribution in [0.1, 0.15) is 18.1 Å². The Morgan fingerprint density at radius 3 is 2.61 bits per heavy atom. The molecular weight excluding hydrogens is 234 g/mol. The number of carbonyl (C=O) groups excluding carboxylic acids is 2. The van der Waals surface area contributed by atoms with E-state index in [2.05, 4.69) is 10.1 Å². The zero-order chi connectivity index (χ0) is 13.5. The van der Waals surface area contributed by atoms with Gasteiger partial charge >= 0.3 is 5.97 Å². The highest BCUT2D eigenvalue weighted by Gasteiger charge is 2.11. The molecule has 0 aromatic heterocycles. The number of aliphatic hydroxyl groups is 1. The summed E-state index contributed by atoms with van der Waals surface area (Å²) in [5.74, 6) is -1.01. The van der Waals surface area contributed by atoms with Crippen LogP contribution in [0.3, 0.4) is 0 Å². The van der Waals surface area contributed by atoms with Gasteiger partial charge < -0.3 is 15.2 Å². The van der Waals surface area contributed by atoms with Crippen molar-refractivity contribution in [3.8, 4) is 0 Å². The van der Waals surface area contributed by atoms with Crippen LogP contribution in [0.25, 0.3) is 6.08 Å². The molecular formula is C13H15NO4. The lowest BCUT2D eigenvalue weighted by Gasteiger charge is -2.08. The molecule has 1 aromatic rings. The number of ether oxygens (including phenoxy) is 1. The third kappa shape index (κ3) is 3.71. The summed E-state index contributed by atoms with van der Waals surface area (Å²) in [6, 6.07) is 7.01. The maximum absolute atomic E-state index is 11.5. The van der Waals surface area contributed by atoms with E-state index in [1.54, 1.807) is 24.3 Å². The van der Waals surface area contributed by atoms with Crippen molar-refractivity contribution in [3.05, 3.63) is 41.1 Å². The summed E-state index contributed by atoms with van der Waals surface area (Å²) < 4.78 is 4.57. The molecule has 0 unspecified atom stereocenters. The van der Waals surface area contributed by atoms with Gasteiger partial charge in [0.2, 0.25) is 5.91 Å². The number of carbonyl (C=O) groups is 2. The molecule has 0 saturated carbocycles. The number of benzene rings is 1. The second kappa shape index (κ2) is 6.56. The second-order valence-electron chi connectivity index (χ2n) is 3.59. The summed E-state index contributed by atoms with van der Waals surface area (Å²) >= 11 is 0. The highest BCUT2D eigenvalue weighted by atomic mass is 16.5. The molecule has 2 N–H and O–H groups in total. The number of hydrogen-bond acceptors (Lipinski definition) is 4. The fourth-order valence-corrected chi connectivity index (χ4v) is 1.42. The normalized spacial score (nSPS) is 10.9. The summed E-state index contributed by atoms with van der Waals surface area (Å²) in [7, 11) is 1.23. The molecule has 0 spiro atoms. The van der Waals surface area contributed by atoms with Crippen LogP contribution in [0, 0.1) is 0 Å². The maximum Gasteiger partial charge on any atom is 0.354 e. The van der Waals surface area contributed by atoms with Crippen LogP contribution in [0.4, 0.5) is 0 Å². The van der Waals surface area contributed by atoms with Gasteiger partial charge in [0.25, 0.3) is 0 Å². The molecule has 1 rings (SSSR count). The van der Waals surface area contributed by atoms with Crippen molar-refractivity contribution in [3.63, 3.8) is 0 Å². The van der Waals surface area contributed by atoms with Gasteiger partial charge in [0, 0.05) is 6.92 Å². The third-order valence-electron chi connectivity index (χ3n) is 2.24. The highest BCUT2D eigenvalue weighted by molar-refractivity contribution is 5.97. The molecule has 0 bridgehead atoms. The fourth-order valence-electron chi connectivity index (χ4n) is 1.42. The Balaban J connectivity index is 3.14. The summed E-state index contributed by atoms with van der Waals surface area (Å²) in [6.07, 6.45) is 1.47. The first-order valence-corrected chi connectivity index (χ1v) is 5.35. The van der Waals surface area contributed by atoms with E-state index in [0.29, 0.717) is 11.1 Å². The number of hydrogen-bond donors (Lipinski definition) is 2. The van der Waals surface area contributed by atoms with E-state index in [1.807, 2.05) is 0 Å². The number of methoxy groups -OCH3 is 1. The van der Waals surface area contributed by atoms with E-state index in [1.165, 1.54) is 20.1 Å². The molecule has 0 saturated heterocycles. The lowest BCUT2D eigenvalue weighted by atomic mass is 10.1. The lowest BCUT2D eigenvalue weighted by molar-refractivity contribution is -0.137. The van der Waals surface area contributed by atoms with Crippen LogP contribution < -0.4 is 5.32 Å². The molecule has 96 valence electrons. The van der Waals surface area contributed by atoms with Crippen molar-refractivity contribution in [2.75, 3.05) is 7.11 Å². The molecule has 0 heterocycles. The topological polar surface area (TPSA) is 75.6 Å². The monoisotopic (exact) mass is 249 g/mol. The van der Waals surface area contributed by atoms with Gasteiger partial charge in [-0.25, -0.2) is 4.79 Å². The van der Waals surface area contributed by atoms with Crippen LogP contribution >= 0.6 is 0 Å². The summed E-state index contributed by atoms with van der Waals surface area (Å²) in [5, 5.41) is 11.6. The Morgan fingerprint density at radius 1 is 1.39 bits per heavy atom. The maximum atomic E-state index is 11.5. The SMILES string of the molecule is COC(=O)/C(=C\c1ccccc1CO)NC(C)=O. The van der Waals surface area contributed by atoms with E-state index in [0.717, 1.165) is 0 Å². The van der Waals surface area contributed by atoms with Gasteiger partial charge in [-0.05, 0) is 17.2 Å². The predicted molar refractivity (Wildman–Crippen MR) is 66.2 cm³/mol. The minimum absolute atomic E-state index is 0.0332. The average molecular weight is 249 g/mol. The number of aliphatic hydroxyl groups excluding tert-OH is 1. The molecule has 5 nitrogen and oxygen atoms in total. The van der Waals surface area contributed by atoms with E-state index < -0.39 is 5.97 Å². The first kappa shape index (κ1) is 13.9. The minimum Gasteiger partial charge on any atom is -0.464 e. The number of rotatable bonds is 4. The van der Waals surface area contributed by atoms with Gasteiger partial charge in [-0.1, -0.05) is 24.3 Å². The standard InChI is InChI=1S/C13H15NO4/c1-9(16)14-12(13(17)18-2)7-10-5-3-4-6-11(10)8-15/h3-7,15H,8H2,1-2H3,(H,14,16)/b12-7+. The fraction of sp³-hybridized carbons (Fsp3) is 0.231. The largest absolute Gasteiger partial charge is 0.464 e. The summed E-state index contributed by atoms with van der Waals surface area (Å²) in [6.45, 7) is 1.15. The van der Waals surface area contributed by atoms with Crippen molar-refractivity contribution >= 4 is 18.0 Å². The summed E-state index contributed by atoms with van der Waals surface area (Å²) in [4.78, 5) is 22.5. The van der Waals surface area contributed by atoms with Crippen molar-refractivity contribution < 1.29 is 19.4 Å². The quantitative estimate of drug-likeness (QED) is 0.612. The molecule has 0 aliphatic rings. The number of esters is 1. The van der Waals surface area contributed by atoms with E-state index >= 15 is 0 Å². The Bertz CT molecular complexity index is 480. The molecule has 1 amide bonds. The average Bonchev–Trinajstić information content (AvgIpc) is 2.37. The van der Waals surface area contributed by atoms with Gasteiger partial charge in [0.05, 0.1) is 13.7 Å². The van der Waals surface area contributed by atoms with Crippen LogP contribution in [-0.2, 0) is 20.9 Å². The Labute approximate surface area is 105 Å². The summed E-state index contributed by atoms with van der Waals surface area (Å²) in [5.41, 5.74) is 1.34. The number of amides is 1. The zero-order valence-corrected chi connectivity index (χ0v) is 10.3. The van der Waals surface area contributed by atoms with Crippen LogP contribution in [0.15, 0.2) is 30.0 Å². The van der Waals surface area contributed by atoms with Crippen LogP contribution in [0.5, 0.6) is 0 Å².